The lowest BCUT2D eigenvalue weighted by molar-refractivity contribution is -0.137. The van der Waals surface area contributed by atoms with E-state index in [-0.39, 0.29) is 12.3 Å². The molecule has 0 bridgehead atoms. The number of methoxy groups -OCH3 is 2. The molecular formula is C19H29NO5. The molecule has 0 aromatic heterocycles. The number of amides is 1. The standard InChI is InChI=1S/C19H29NO5/c1-4-18(21)20(12-7-5-6-8-19(22)23)13-11-15-9-10-16(24-2)17(14-15)25-3/h9-10,14H,4-8,11-13H2,1-3H3,(H,22,23). The van der Waals surface area contributed by atoms with E-state index >= 15 is 0 Å². The van der Waals surface area contributed by atoms with Crippen molar-refractivity contribution < 1.29 is 24.2 Å². The molecule has 0 fully saturated rings. The number of carbonyl (C=O) groups excluding carboxylic acids is 1. The number of ether oxygens (including phenoxy) is 2. The third-order valence-electron chi connectivity index (χ3n) is 4.09. The number of hydrogen-bond acceptors (Lipinski definition) is 4. The summed E-state index contributed by atoms with van der Waals surface area (Å²) >= 11 is 0. The van der Waals surface area contributed by atoms with Crippen LogP contribution in [0.25, 0.3) is 0 Å². The molecular weight excluding hydrogens is 322 g/mol. The molecule has 0 aliphatic carbocycles. The fourth-order valence-electron chi connectivity index (χ4n) is 2.64. The highest BCUT2D eigenvalue weighted by atomic mass is 16.5. The van der Waals surface area contributed by atoms with Crippen molar-refractivity contribution in [1.82, 2.24) is 4.90 Å². The van der Waals surface area contributed by atoms with E-state index in [2.05, 4.69) is 0 Å². The summed E-state index contributed by atoms with van der Waals surface area (Å²) in [6.07, 6.45) is 3.69. The maximum atomic E-state index is 12.1. The molecule has 0 unspecified atom stereocenters. The molecule has 0 heterocycles. The molecule has 1 aromatic carbocycles. The Morgan fingerprint density at radius 1 is 1.04 bits per heavy atom. The van der Waals surface area contributed by atoms with E-state index in [0.717, 1.165) is 24.8 Å². The normalized spacial score (nSPS) is 10.4. The summed E-state index contributed by atoms with van der Waals surface area (Å²) in [7, 11) is 3.20. The van der Waals surface area contributed by atoms with Gasteiger partial charge in [-0.2, -0.15) is 0 Å². The lowest BCUT2D eigenvalue weighted by Gasteiger charge is -2.22. The molecule has 0 aliphatic rings. The number of carbonyl (C=O) groups is 2. The molecule has 140 valence electrons. The largest absolute Gasteiger partial charge is 0.493 e. The van der Waals surface area contributed by atoms with Crippen molar-refractivity contribution in [2.75, 3.05) is 27.3 Å². The molecule has 25 heavy (non-hydrogen) atoms. The van der Waals surface area contributed by atoms with Crippen molar-refractivity contribution in [1.29, 1.82) is 0 Å². The number of hydrogen-bond donors (Lipinski definition) is 1. The summed E-state index contributed by atoms with van der Waals surface area (Å²) in [6, 6.07) is 5.77. The van der Waals surface area contributed by atoms with Crippen LogP contribution in [0.3, 0.4) is 0 Å². The summed E-state index contributed by atoms with van der Waals surface area (Å²) in [6.45, 7) is 3.16. The average molecular weight is 351 g/mol. The maximum absolute atomic E-state index is 12.1. The zero-order valence-corrected chi connectivity index (χ0v) is 15.4. The fourth-order valence-corrected chi connectivity index (χ4v) is 2.64. The van der Waals surface area contributed by atoms with Gasteiger partial charge < -0.3 is 19.5 Å². The Balaban J connectivity index is 2.55. The smallest absolute Gasteiger partial charge is 0.303 e. The summed E-state index contributed by atoms with van der Waals surface area (Å²) < 4.78 is 10.5. The minimum absolute atomic E-state index is 0.124. The van der Waals surface area contributed by atoms with Gasteiger partial charge in [0.25, 0.3) is 0 Å². The SMILES string of the molecule is CCC(=O)N(CCCCCC(=O)O)CCc1ccc(OC)c(OC)c1. The van der Waals surface area contributed by atoms with Crippen LogP contribution in [0.2, 0.25) is 0 Å². The van der Waals surface area contributed by atoms with Gasteiger partial charge in [0.05, 0.1) is 14.2 Å². The first-order chi connectivity index (χ1) is 12.0. The Morgan fingerprint density at radius 2 is 1.76 bits per heavy atom. The molecule has 0 spiro atoms. The van der Waals surface area contributed by atoms with Crippen LogP contribution in [-0.4, -0.2) is 49.2 Å². The van der Waals surface area contributed by atoms with Gasteiger partial charge in [-0.1, -0.05) is 19.4 Å². The molecule has 0 saturated carbocycles. The predicted molar refractivity (Wildman–Crippen MR) is 96.2 cm³/mol. The van der Waals surface area contributed by atoms with Crippen LogP contribution >= 0.6 is 0 Å². The van der Waals surface area contributed by atoms with E-state index in [1.807, 2.05) is 30.0 Å². The molecule has 6 heteroatoms. The minimum atomic E-state index is -0.769. The van der Waals surface area contributed by atoms with E-state index in [1.54, 1.807) is 14.2 Å². The first kappa shape index (κ1) is 20.8. The van der Waals surface area contributed by atoms with Crippen LogP contribution in [-0.2, 0) is 16.0 Å². The van der Waals surface area contributed by atoms with Gasteiger partial charge in [-0.3, -0.25) is 9.59 Å². The number of carboxylic acid groups (broad SMARTS) is 1. The second kappa shape index (κ2) is 11.3. The molecule has 0 atom stereocenters. The van der Waals surface area contributed by atoms with Gasteiger partial charge in [0, 0.05) is 25.9 Å². The van der Waals surface area contributed by atoms with E-state index in [1.165, 1.54) is 0 Å². The molecule has 1 aromatic rings. The molecule has 1 rings (SSSR count). The molecule has 0 aliphatic heterocycles. The highest BCUT2D eigenvalue weighted by molar-refractivity contribution is 5.75. The topological polar surface area (TPSA) is 76.1 Å². The van der Waals surface area contributed by atoms with Crippen LogP contribution in [0.5, 0.6) is 11.5 Å². The van der Waals surface area contributed by atoms with Crippen molar-refractivity contribution in [2.45, 2.75) is 45.4 Å². The monoisotopic (exact) mass is 351 g/mol. The average Bonchev–Trinajstić information content (AvgIpc) is 2.62. The molecule has 6 nitrogen and oxygen atoms in total. The minimum Gasteiger partial charge on any atom is -0.493 e. The van der Waals surface area contributed by atoms with Crippen molar-refractivity contribution in [3.8, 4) is 11.5 Å². The second-order valence-electron chi connectivity index (χ2n) is 5.88. The Bertz CT molecular complexity index is 559. The Morgan fingerprint density at radius 3 is 2.36 bits per heavy atom. The zero-order valence-electron chi connectivity index (χ0n) is 15.4. The first-order valence-electron chi connectivity index (χ1n) is 8.72. The van der Waals surface area contributed by atoms with Gasteiger partial charge in [0.2, 0.25) is 5.91 Å². The second-order valence-corrected chi connectivity index (χ2v) is 5.88. The lowest BCUT2D eigenvalue weighted by Crippen LogP contribution is -2.33. The van der Waals surface area contributed by atoms with Crippen molar-refractivity contribution >= 4 is 11.9 Å². The number of aliphatic carboxylic acids is 1. The van der Waals surface area contributed by atoms with E-state index in [0.29, 0.717) is 37.4 Å². The van der Waals surface area contributed by atoms with E-state index in [9.17, 15) is 9.59 Å². The summed E-state index contributed by atoms with van der Waals surface area (Å²) in [5.41, 5.74) is 1.08. The third kappa shape index (κ3) is 7.45. The van der Waals surface area contributed by atoms with E-state index < -0.39 is 5.97 Å². The highest BCUT2D eigenvalue weighted by Crippen LogP contribution is 2.27. The van der Waals surface area contributed by atoms with Crippen molar-refractivity contribution in [2.24, 2.45) is 0 Å². The first-order valence-corrected chi connectivity index (χ1v) is 8.72. The van der Waals surface area contributed by atoms with Crippen molar-refractivity contribution in [3.05, 3.63) is 23.8 Å². The summed E-state index contributed by atoms with van der Waals surface area (Å²) in [5, 5.41) is 8.65. The van der Waals surface area contributed by atoms with Gasteiger partial charge in [-0.25, -0.2) is 0 Å². The van der Waals surface area contributed by atoms with Gasteiger partial charge in [0.1, 0.15) is 0 Å². The van der Waals surface area contributed by atoms with Gasteiger partial charge >= 0.3 is 5.97 Å². The van der Waals surface area contributed by atoms with Crippen LogP contribution < -0.4 is 9.47 Å². The van der Waals surface area contributed by atoms with Gasteiger partial charge in [0.15, 0.2) is 11.5 Å². The Hall–Kier alpha value is -2.24. The number of benzene rings is 1. The van der Waals surface area contributed by atoms with Crippen molar-refractivity contribution in [3.63, 3.8) is 0 Å². The maximum Gasteiger partial charge on any atom is 0.303 e. The summed E-state index contributed by atoms with van der Waals surface area (Å²) in [5.74, 6) is 0.724. The van der Waals surface area contributed by atoms with E-state index in [4.69, 9.17) is 14.6 Å². The summed E-state index contributed by atoms with van der Waals surface area (Å²) in [4.78, 5) is 24.5. The number of unbranched alkanes of at least 4 members (excludes halogenated alkanes) is 2. The molecule has 0 radical (unpaired) electrons. The fraction of sp³-hybridized carbons (Fsp3) is 0.579. The number of nitrogens with zero attached hydrogens (tertiary/aromatic N) is 1. The van der Waals surface area contributed by atoms with Crippen LogP contribution in [0.15, 0.2) is 18.2 Å². The van der Waals surface area contributed by atoms with Crippen LogP contribution in [0, 0.1) is 0 Å². The number of carboxylic acids is 1. The van der Waals surface area contributed by atoms with Crippen LogP contribution in [0.4, 0.5) is 0 Å². The third-order valence-corrected chi connectivity index (χ3v) is 4.09. The number of rotatable bonds is 12. The molecule has 0 saturated heterocycles. The lowest BCUT2D eigenvalue weighted by atomic mass is 10.1. The Kier molecular flexibility index (Phi) is 9.43. The van der Waals surface area contributed by atoms with Gasteiger partial charge in [-0.15, -0.1) is 0 Å². The quantitative estimate of drug-likeness (QED) is 0.586. The van der Waals surface area contributed by atoms with Crippen LogP contribution in [0.1, 0.15) is 44.6 Å². The Labute approximate surface area is 149 Å². The molecule has 1 N–H and O–H groups in total. The zero-order chi connectivity index (χ0) is 18.7. The van der Waals surface area contributed by atoms with Gasteiger partial charge in [-0.05, 0) is 37.0 Å². The predicted octanol–water partition coefficient (Wildman–Crippen LogP) is 3.13. The highest BCUT2D eigenvalue weighted by Gasteiger charge is 2.12. The molecule has 1 amide bonds.